The van der Waals surface area contributed by atoms with Crippen molar-refractivity contribution in [3.8, 4) is 11.8 Å². The molecule has 5 atom stereocenters. The van der Waals surface area contributed by atoms with E-state index in [1.165, 1.54) is 24.3 Å². The number of aliphatic hydroxyl groups excluding tert-OH is 1. The van der Waals surface area contributed by atoms with Crippen molar-refractivity contribution in [3.05, 3.63) is 106 Å². The highest BCUT2D eigenvalue weighted by atomic mass is 19.4. The Morgan fingerprint density at radius 3 is 1.89 bits per heavy atom. The van der Waals surface area contributed by atoms with Crippen LogP contribution in [0.3, 0.4) is 0 Å². The van der Waals surface area contributed by atoms with Crippen molar-refractivity contribution < 1.29 is 82.4 Å². The fraction of sp³-hybridized carbons (Fsp3) is 0.500. The number of carbonyl (C=O) groups is 4. The lowest BCUT2D eigenvalue weighted by Crippen LogP contribution is -2.63. The summed E-state index contributed by atoms with van der Waals surface area (Å²) in [6.07, 6.45) is -12.1. The molecule has 7 N–H and O–H groups in total. The summed E-state index contributed by atoms with van der Waals surface area (Å²) in [6, 6.07) is 4.41. The van der Waals surface area contributed by atoms with Gasteiger partial charge in [0.1, 0.15) is 29.5 Å². The first-order valence-electron chi connectivity index (χ1n) is 24.7. The number of pyridine rings is 1. The SMILES string of the molecule is COC(=O)N[C@H](C(=O)N[C@@H](Cc1ccc(C#Cc2ccc(N3CCN([C@@H]4CCOC4)CC3)nc2)cc1)[C@@H](O)CN(Cc1c(F)cc(C(=N)/C=C\NC(F)F)cc1F)NC(=O)[C@@H](NC(=O)OC)C(C)(C)C(F)(F)F)C(C)(C)C(F)(F)F. The lowest BCUT2D eigenvalue weighted by molar-refractivity contribution is -0.221. The number of aliphatic hydroxyl groups is 1. The second-order valence-electron chi connectivity index (χ2n) is 19.8. The molecule has 2 aliphatic rings. The molecule has 80 heavy (non-hydrogen) atoms. The average molecular weight is 1150 g/mol. The van der Waals surface area contributed by atoms with Gasteiger partial charge in [-0.1, -0.05) is 24.0 Å². The Morgan fingerprint density at radius 2 is 1.39 bits per heavy atom. The maximum atomic E-state index is 15.9. The Kier molecular flexibility index (Phi) is 21.7. The molecule has 0 bridgehead atoms. The van der Waals surface area contributed by atoms with Crippen molar-refractivity contribution >= 4 is 35.5 Å². The van der Waals surface area contributed by atoms with Gasteiger partial charge in [0.25, 0.3) is 5.91 Å². The summed E-state index contributed by atoms with van der Waals surface area (Å²) < 4.78 is 159. The molecule has 3 aromatic rings. The van der Waals surface area contributed by atoms with E-state index >= 15 is 8.78 Å². The molecule has 2 aromatic carbocycles. The van der Waals surface area contributed by atoms with Gasteiger partial charge >= 0.3 is 31.1 Å². The number of aromatic nitrogens is 1. The molecule has 18 nitrogen and oxygen atoms in total. The summed E-state index contributed by atoms with van der Waals surface area (Å²) in [7, 11) is 1.59. The first kappa shape index (κ1) is 63.6. The van der Waals surface area contributed by atoms with Gasteiger partial charge in [0.2, 0.25) is 5.91 Å². The van der Waals surface area contributed by atoms with E-state index in [-0.39, 0.29) is 5.56 Å². The van der Waals surface area contributed by atoms with Gasteiger partial charge in [-0.25, -0.2) is 28.4 Å². The number of benzene rings is 2. The van der Waals surface area contributed by atoms with Gasteiger partial charge in [-0.2, -0.15) is 35.1 Å². The van der Waals surface area contributed by atoms with Crippen LogP contribution in [0.4, 0.5) is 59.3 Å². The molecule has 1 aromatic heterocycles. The number of halogens is 10. The molecule has 2 aliphatic heterocycles. The molecule has 2 fully saturated rings. The van der Waals surface area contributed by atoms with E-state index in [4.69, 9.17) is 10.1 Å². The highest BCUT2D eigenvalue weighted by molar-refractivity contribution is 6.06. The normalized spacial score (nSPS) is 17.0. The van der Waals surface area contributed by atoms with Crippen LogP contribution < -0.4 is 31.6 Å². The van der Waals surface area contributed by atoms with Crippen molar-refractivity contribution in [2.45, 2.75) is 96.3 Å². The highest BCUT2D eigenvalue weighted by Crippen LogP contribution is 2.42. The lowest BCUT2D eigenvalue weighted by atomic mass is 9.82. The molecule has 4 amide bonds. The predicted octanol–water partition coefficient (Wildman–Crippen LogP) is 5.91. The van der Waals surface area contributed by atoms with Gasteiger partial charge in [0.05, 0.1) is 49.5 Å². The molecule has 0 aliphatic carbocycles. The lowest BCUT2D eigenvalue weighted by Gasteiger charge is -2.38. The monoisotopic (exact) mass is 1140 g/mol. The number of rotatable bonds is 21. The molecule has 5 rings (SSSR count). The molecule has 0 spiro atoms. The second-order valence-corrected chi connectivity index (χ2v) is 19.8. The van der Waals surface area contributed by atoms with Crippen molar-refractivity contribution in [3.63, 3.8) is 0 Å². The number of carbonyl (C=O) groups excluding carboxylic acids is 4. The number of amides is 4. The number of nitrogens with zero attached hydrogens (tertiary/aromatic N) is 4. The first-order valence-corrected chi connectivity index (χ1v) is 24.7. The zero-order valence-corrected chi connectivity index (χ0v) is 44.3. The van der Waals surface area contributed by atoms with Crippen LogP contribution in [-0.4, -0.2) is 159 Å². The molecular formula is C52H62F10N10O8. The van der Waals surface area contributed by atoms with Crippen LogP contribution >= 0.6 is 0 Å². The number of hydrazine groups is 1. The van der Waals surface area contributed by atoms with Gasteiger partial charge in [0, 0.05) is 86.6 Å². The van der Waals surface area contributed by atoms with Crippen LogP contribution in [0.25, 0.3) is 0 Å². The summed E-state index contributed by atoms with van der Waals surface area (Å²) in [5.74, 6) is 0.575. The Bertz CT molecular complexity index is 2700. The quantitative estimate of drug-likeness (QED) is 0.0217. The number of nitrogens with one attached hydrogen (secondary N) is 6. The molecular weight excluding hydrogens is 1080 g/mol. The van der Waals surface area contributed by atoms with E-state index < -0.39 is 126 Å². The maximum Gasteiger partial charge on any atom is 0.407 e. The van der Waals surface area contributed by atoms with E-state index in [9.17, 15) is 59.4 Å². The van der Waals surface area contributed by atoms with Crippen molar-refractivity contribution in [1.82, 2.24) is 41.6 Å². The van der Waals surface area contributed by atoms with Gasteiger partial charge in [-0.3, -0.25) is 19.9 Å². The molecule has 0 radical (unpaired) electrons. The van der Waals surface area contributed by atoms with Crippen LogP contribution in [0.15, 0.2) is 67.0 Å². The van der Waals surface area contributed by atoms with Gasteiger partial charge < -0.3 is 50.9 Å². The Morgan fingerprint density at radius 1 is 0.838 bits per heavy atom. The predicted molar refractivity (Wildman–Crippen MR) is 270 cm³/mol. The number of hydrogen-bond donors (Lipinski definition) is 7. The largest absolute Gasteiger partial charge is 0.453 e. The summed E-state index contributed by atoms with van der Waals surface area (Å²) >= 11 is 0. The minimum absolute atomic E-state index is 0.261. The second kappa shape index (κ2) is 27.3. The summed E-state index contributed by atoms with van der Waals surface area (Å²) in [4.78, 5) is 61.9. The van der Waals surface area contributed by atoms with Crippen LogP contribution in [0.5, 0.6) is 0 Å². The number of ether oxygens (including phenoxy) is 3. The van der Waals surface area contributed by atoms with Crippen LogP contribution in [-0.2, 0) is 36.8 Å². The molecule has 0 unspecified atom stereocenters. The minimum Gasteiger partial charge on any atom is -0.453 e. The van der Waals surface area contributed by atoms with Crippen molar-refractivity contribution in [2.75, 3.05) is 65.1 Å². The number of allylic oxidation sites excluding steroid dienone is 1. The van der Waals surface area contributed by atoms with E-state index in [2.05, 4.69) is 41.4 Å². The first-order chi connectivity index (χ1) is 37.4. The molecule has 2 saturated heterocycles. The van der Waals surface area contributed by atoms with E-state index in [1.807, 2.05) is 16.8 Å². The zero-order chi connectivity index (χ0) is 59.3. The number of alkyl halides is 8. The maximum absolute atomic E-state index is 15.9. The summed E-state index contributed by atoms with van der Waals surface area (Å²) in [6.45, 7) is 1.64. The zero-order valence-electron chi connectivity index (χ0n) is 44.3. The average Bonchev–Trinajstić information content (AvgIpc) is 4.03. The number of methoxy groups -OCH3 is 2. The summed E-state index contributed by atoms with van der Waals surface area (Å²) in [5.41, 5.74) is -5.04. The highest BCUT2D eigenvalue weighted by Gasteiger charge is 2.57. The number of anilines is 1. The minimum atomic E-state index is -5.24. The third-order valence-corrected chi connectivity index (χ3v) is 13.6. The van der Waals surface area contributed by atoms with E-state index in [0.29, 0.717) is 68.2 Å². The summed E-state index contributed by atoms with van der Waals surface area (Å²) in [5, 5.41) is 28.0. The van der Waals surface area contributed by atoms with E-state index in [0.717, 1.165) is 71.9 Å². The number of piperazine rings is 1. The standard InChI is InChI=1S/C52H62F10N10O8/c1-49(2,51(57,58)59)42(67-47(76)78-5)44(74)66-39(23-31-10-7-30(8-11-31)9-12-32-13-14-41(65-26-32)71-20-18-70(19-21-71)34-16-22-80-29-34)40(73)28-72(69-45(75)43(68-48(77)79-6)50(3,4)52(60,61)62)27-35-36(53)24-33(25-37(35)54)38(63)15-17-64-46(55)56/h7-8,10-11,13-15,17,24-26,34,39-40,42-43,46,63-64,73H,16,18-23,27-29H2,1-6H3,(H,66,74)(H,67,76)(H,68,77)(H,69,75)/b17-15-,63-38?/t34-,39+,40+,42-,43-/m1/s1. The Labute approximate surface area is 454 Å². The van der Waals surface area contributed by atoms with Gasteiger partial charge in [-0.05, 0) is 88.6 Å². The fourth-order valence-electron chi connectivity index (χ4n) is 8.40. The van der Waals surface area contributed by atoms with Crippen molar-refractivity contribution in [1.29, 1.82) is 5.41 Å². The van der Waals surface area contributed by atoms with Gasteiger partial charge in [0.15, 0.2) is 0 Å². The number of alkyl carbamates (subject to hydrolysis) is 2. The van der Waals surface area contributed by atoms with Crippen LogP contribution in [0.2, 0.25) is 0 Å². The topological polar surface area (TPSA) is 223 Å². The molecule has 0 saturated carbocycles. The van der Waals surface area contributed by atoms with Crippen LogP contribution in [0.1, 0.15) is 61.9 Å². The molecule has 3 heterocycles. The van der Waals surface area contributed by atoms with E-state index in [1.54, 1.807) is 22.9 Å². The number of hydrogen-bond acceptors (Lipinski definition) is 14. The molecule has 28 heteroatoms. The Balaban J connectivity index is 1.49. The Hall–Kier alpha value is -7.22. The third kappa shape index (κ3) is 16.9. The molecule has 438 valence electrons. The smallest absolute Gasteiger partial charge is 0.407 e. The fourth-order valence-corrected chi connectivity index (χ4v) is 8.40. The third-order valence-electron chi connectivity index (χ3n) is 13.6. The van der Waals surface area contributed by atoms with Crippen molar-refractivity contribution in [2.24, 2.45) is 10.8 Å². The van der Waals surface area contributed by atoms with Crippen LogP contribution in [0, 0.1) is 39.7 Å². The van der Waals surface area contributed by atoms with Gasteiger partial charge in [-0.15, -0.1) is 0 Å².